The van der Waals surface area contributed by atoms with Crippen molar-refractivity contribution in [2.75, 3.05) is 14.2 Å². The summed E-state index contributed by atoms with van der Waals surface area (Å²) in [6.45, 7) is 0.0168. The fraction of sp³-hybridized carbons (Fsp3) is 0.176. The predicted molar refractivity (Wildman–Crippen MR) is 79.8 cm³/mol. The zero-order valence-electron chi connectivity index (χ0n) is 12.3. The van der Waals surface area contributed by atoms with Crippen LogP contribution in [0.2, 0.25) is 0 Å². The average molecular weight is 297 g/mol. The molecule has 2 aromatic carbocycles. The van der Waals surface area contributed by atoms with Gasteiger partial charge in [0, 0.05) is 5.56 Å². The molecule has 0 unspecified atom stereocenters. The lowest BCUT2D eigenvalue weighted by Gasteiger charge is -2.11. The SMILES string of the molecule is COc1ccc(OC)c(C(=O)OCc2ccccc2C#N)c1. The van der Waals surface area contributed by atoms with Crippen molar-refractivity contribution >= 4 is 5.97 Å². The summed E-state index contributed by atoms with van der Waals surface area (Å²) in [6, 6.07) is 13.9. The summed E-state index contributed by atoms with van der Waals surface area (Å²) < 4.78 is 15.5. The van der Waals surface area contributed by atoms with Crippen LogP contribution in [0.4, 0.5) is 0 Å². The van der Waals surface area contributed by atoms with Gasteiger partial charge in [0.1, 0.15) is 23.7 Å². The first kappa shape index (κ1) is 15.4. The van der Waals surface area contributed by atoms with Crippen LogP contribution in [-0.2, 0) is 11.3 Å². The second-order valence-corrected chi connectivity index (χ2v) is 4.41. The highest BCUT2D eigenvalue weighted by atomic mass is 16.5. The molecule has 0 heterocycles. The Hall–Kier alpha value is -3.00. The second kappa shape index (κ2) is 7.14. The maximum absolute atomic E-state index is 12.2. The summed E-state index contributed by atoms with van der Waals surface area (Å²) in [5.41, 5.74) is 1.41. The van der Waals surface area contributed by atoms with E-state index >= 15 is 0 Å². The highest BCUT2D eigenvalue weighted by molar-refractivity contribution is 5.93. The third kappa shape index (κ3) is 3.36. The second-order valence-electron chi connectivity index (χ2n) is 4.41. The molecule has 5 nitrogen and oxygen atoms in total. The Kier molecular flexibility index (Phi) is 4.99. The van der Waals surface area contributed by atoms with E-state index in [0.717, 1.165) is 0 Å². The number of methoxy groups -OCH3 is 2. The lowest BCUT2D eigenvalue weighted by Crippen LogP contribution is -2.08. The van der Waals surface area contributed by atoms with Crippen LogP contribution in [0.5, 0.6) is 11.5 Å². The summed E-state index contributed by atoms with van der Waals surface area (Å²) in [6.07, 6.45) is 0. The normalized spacial score (nSPS) is 9.68. The van der Waals surface area contributed by atoms with E-state index in [2.05, 4.69) is 6.07 Å². The molecule has 112 valence electrons. The molecular weight excluding hydrogens is 282 g/mol. The number of rotatable bonds is 5. The summed E-state index contributed by atoms with van der Waals surface area (Å²) in [5, 5.41) is 9.02. The quantitative estimate of drug-likeness (QED) is 0.794. The zero-order chi connectivity index (χ0) is 15.9. The van der Waals surface area contributed by atoms with Gasteiger partial charge in [0.25, 0.3) is 0 Å². The third-order valence-electron chi connectivity index (χ3n) is 3.12. The van der Waals surface area contributed by atoms with Crippen LogP contribution in [0.3, 0.4) is 0 Å². The number of hydrogen-bond donors (Lipinski definition) is 0. The van der Waals surface area contributed by atoms with E-state index in [1.165, 1.54) is 14.2 Å². The van der Waals surface area contributed by atoms with Gasteiger partial charge >= 0.3 is 5.97 Å². The molecule has 0 aliphatic heterocycles. The van der Waals surface area contributed by atoms with Crippen LogP contribution in [0.25, 0.3) is 0 Å². The molecule has 0 atom stereocenters. The van der Waals surface area contributed by atoms with Gasteiger partial charge in [0.15, 0.2) is 0 Å². The number of carbonyl (C=O) groups is 1. The molecule has 0 radical (unpaired) electrons. The number of carbonyl (C=O) groups excluding carboxylic acids is 1. The van der Waals surface area contributed by atoms with Crippen molar-refractivity contribution in [3.63, 3.8) is 0 Å². The van der Waals surface area contributed by atoms with Crippen molar-refractivity contribution in [1.29, 1.82) is 5.26 Å². The van der Waals surface area contributed by atoms with Crippen molar-refractivity contribution in [2.24, 2.45) is 0 Å². The van der Waals surface area contributed by atoms with E-state index < -0.39 is 5.97 Å². The Labute approximate surface area is 128 Å². The van der Waals surface area contributed by atoms with Gasteiger partial charge in [-0.3, -0.25) is 0 Å². The van der Waals surface area contributed by atoms with E-state index in [1.54, 1.807) is 42.5 Å². The van der Waals surface area contributed by atoms with Gasteiger partial charge in [-0.25, -0.2) is 4.79 Å². The molecule has 5 heteroatoms. The van der Waals surface area contributed by atoms with Crippen LogP contribution in [0, 0.1) is 11.3 Å². The Bertz CT molecular complexity index is 719. The van der Waals surface area contributed by atoms with E-state index in [9.17, 15) is 4.79 Å². The van der Waals surface area contributed by atoms with Crippen LogP contribution in [0.15, 0.2) is 42.5 Å². The lowest BCUT2D eigenvalue weighted by molar-refractivity contribution is 0.0468. The Morgan fingerprint density at radius 2 is 1.91 bits per heavy atom. The van der Waals surface area contributed by atoms with Crippen LogP contribution < -0.4 is 9.47 Å². The molecule has 0 bridgehead atoms. The van der Waals surface area contributed by atoms with Gasteiger partial charge in [-0.2, -0.15) is 5.26 Å². The number of nitrogens with zero attached hydrogens (tertiary/aromatic N) is 1. The topological polar surface area (TPSA) is 68.6 Å². The molecule has 2 aromatic rings. The van der Waals surface area contributed by atoms with Crippen molar-refractivity contribution in [3.05, 3.63) is 59.2 Å². The Morgan fingerprint density at radius 3 is 2.59 bits per heavy atom. The first-order valence-electron chi connectivity index (χ1n) is 6.56. The molecule has 0 aliphatic carbocycles. The average Bonchev–Trinajstić information content (AvgIpc) is 2.59. The highest BCUT2D eigenvalue weighted by Gasteiger charge is 2.15. The molecule has 22 heavy (non-hydrogen) atoms. The molecule has 0 amide bonds. The molecule has 2 rings (SSSR count). The monoisotopic (exact) mass is 297 g/mol. The molecule has 0 aliphatic rings. The summed E-state index contributed by atoms with van der Waals surface area (Å²) in [7, 11) is 2.99. The minimum absolute atomic E-state index is 0.0168. The number of esters is 1. The van der Waals surface area contributed by atoms with E-state index in [0.29, 0.717) is 22.6 Å². The summed E-state index contributed by atoms with van der Waals surface area (Å²) in [5.74, 6) is 0.396. The van der Waals surface area contributed by atoms with Crippen molar-refractivity contribution in [2.45, 2.75) is 6.61 Å². The van der Waals surface area contributed by atoms with Crippen molar-refractivity contribution in [1.82, 2.24) is 0 Å². The Morgan fingerprint density at radius 1 is 1.14 bits per heavy atom. The van der Waals surface area contributed by atoms with Crippen molar-refractivity contribution in [3.8, 4) is 17.6 Å². The van der Waals surface area contributed by atoms with Gasteiger partial charge < -0.3 is 14.2 Å². The zero-order valence-corrected chi connectivity index (χ0v) is 12.3. The maximum atomic E-state index is 12.2. The fourth-order valence-corrected chi connectivity index (χ4v) is 1.95. The van der Waals surface area contributed by atoms with Gasteiger partial charge in [-0.1, -0.05) is 18.2 Å². The maximum Gasteiger partial charge on any atom is 0.342 e. The smallest absolute Gasteiger partial charge is 0.342 e. The first-order valence-corrected chi connectivity index (χ1v) is 6.56. The molecule has 0 aromatic heterocycles. The number of benzene rings is 2. The lowest BCUT2D eigenvalue weighted by atomic mass is 10.1. The summed E-state index contributed by atoms with van der Waals surface area (Å²) in [4.78, 5) is 12.2. The van der Waals surface area contributed by atoms with E-state index in [4.69, 9.17) is 19.5 Å². The fourth-order valence-electron chi connectivity index (χ4n) is 1.95. The molecular formula is C17H15NO4. The summed E-state index contributed by atoms with van der Waals surface area (Å²) >= 11 is 0. The molecule has 0 N–H and O–H groups in total. The van der Waals surface area contributed by atoms with Crippen LogP contribution in [0.1, 0.15) is 21.5 Å². The minimum atomic E-state index is -0.538. The predicted octanol–water partition coefficient (Wildman–Crippen LogP) is 2.93. The molecule has 0 spiro atoms. The van der Waals surface area contributed by atoms with E-state index in [-0.39, 0.29) is 12.2 Å². The standard InChI is InChI=1S/C17H15NO4/c1-20-14-7-8-16(21-2)15(9-14)17(19)22-11-13-6-4-3-5-12(13)10-18/h3-9H,11H2,1-2H3. The van der Waals surface area contributed by atoms with Gasteiger partial charge in [0.05, 0.1) is 25.9 Å². The largest absolute Gasteiger partial charge is 0.497 e. The molecule has 0 saturated carbocycles. The molecule has 0 saturated heterocycles. The van der Waals surface area contributed by atoms with Crippen LogP contribution in [-0.4, -0.2) is 20.2 Å². The highest BCUT2D eigenvalue weighted by Crippen LogP contribution is 2.25. The van der Waals surface area contributed by atoms with Gasteiger partial charge in [-0.05, 0) is 24.3 Å². The Balaban J connectivity index is 2.17. The van der Waals surface area contributed by atoms with Crippen LogP contribution >= 0.6 is 0 Å². The third-order valence-corrected chi connectivity index (χ3v) is 3.12. The number of hydrogen-bond acceptors (Lipinski definition) is 5. The number of nitriles is 1. The van der Waals surface area contributed by atoms with E-state index in [1.807, 2.05) is 0 Å². The molecule has 0 fully saturated rings. The first-order chi connectivity index (χ1) is 10.7. The minimum Gasteiger partial charge on any atom is -0.497 e. The van der Waals surface area contributed by atoms with Crippen molar-refractivity contribution < 1.29 is 19.0 Å². The number of ether oxygens (including phenoxy) is 3. The van der Waals surface area contributed by atoms with Gasteiger partial charge in [0.2, 0.25) is 0 Å². The van der Waals surface area contributed by atoms with Gasteiger partial charge in [-0.15, -0.1) is 0 Å².